The van der Waals surface area contributed by atoms with Crippen LogP contribution >= 0.6 is 11.3 Å². The third kappa shape index (κ3) is 6.41. The molecule has 2 N–H and O–H groups in total. The van der Waals surface area contributed by atoms with Gasteiger partial charge >= 0.3 is 0 Å². The number of rotatable bonds is 9. The van der Waals surface area contributed by atoms with E-state index in [0.29, 0.717) is 12.4 Å². The Balaban J connectivity index is 1.33. The molecule has 2 aromatic carbocycles. The quantitative estimate of drug-likeness (QED) is 0.232. The summed E-state index contributed by atoms with van der Waals surface area (Å²) in [6.45, 7) is 4.02. The van der Waals surface area contributed by atoms with Gasteiger partial charge in [-0.25, -0.2) is 15.0 Å². The second-order valence-electron chi connectivity index (χ2n) is 8.79. The van der Waals surface area contributed by atoms with Crippen molar-refractivity contribution < 1.29 is 9.53 Å². The van der Waals surface area contributed by atoms with Gasteiger partial charge in [-0.15, -0.1) is 11.3 Å². The van der Waals surface area contributed by atoms with Crippen molar-refractivity contribution in [2.75, 3.05) is 5.32 Å². The number of amides is 1. The van der Waals surface area contributed by atoms with Gasteiger partial charge in [0.15, 0.2) is 0 Å². The molecule has 3 heterocycles. The van der Waals surface area contributed by atoms with Gasteiger partial charge in [0, 0.05) is 19.3 Å². The average Bonchev–Trinajstić information content (AvgIpc) is 3.42. The molecule has 8 heteroatoms. The maximum absolute atomic E-state index is 12.1. The van der Waals surface area contributed by atoms with Crippen LogP contribution in [-0.2, 0) is 11.4 Å². The van der Waals surface area contributed by atoms with Crippen LogP contribution in [0, 0.1) is 6.92 Å². The van der Waals surface area contributed by atoms with Gasteiger partial charge in [-0.1, -0.05) is 48.5 Å². The third-order valence-electron chi connectivity index (χ3n) is 5.75. The maximum atomic E-state index is 12.1. The van der Waals surface area contributed by atoms with Crippen molar-refractivity contribution in [1.29, 1.82) is 0 Å². The number of ether oxygens (including phenoxy) is 1. The minimum Gasteiger partial charge on any atom is -0.489 e. The summed E-state index contributed by atoms with van der Waals surface area (Å²) >= 11 is 1.50. The van der Waals surface area contributed by atoms with Crippen molar-refractivity contribution in [2.24, 2.45) is 0 Å². The van der Waals surface area contributed by atoms with Crippen molar-refractivity contribution in [3.05, 3.63) is 119 Å². The van der Waals surface area contributed by atoms with Crippen LogP contribution in [-0.4, -0.2) is 20.9 Å². The molecule has 0 saturated heterocycles. The van der Waals surface area contributed by atoms with Gasteiger partial charge in [0.05, 0.1) is 10.6 Å². The van der Waals surface area contributed by atoms with Gasteiger partial charge in [-0.3, -0.25) is 4.79 Å². The van der Waals surface area contributed by atoms with Crippen molar-refractivity contribution >= 4 is 28.9 Å². The van der Waals surface area contributed by atoms with Crippen molar-refractivity contribution in [2.45, 2.75) is 26.5 Å². The van der Waals surface area contributed by atoms with Crippen LogP contribution in [0.3, 0.4) is 0 Å². The van der Waals surface area contributed by atoms with Crippen LogP contribution in [0.1, 0.15) is 34.7 Å². The van der Waals surface area contributed by atoms with E-state index < -0.39 is 0 Å². The summed E-state index contributed by atoms with van der Waals surface area (Å²) in [5.41, 5.74) is 3.93. The Hall–Kier alpha value is -4.56. The molecule has 0 aliphatic heterocycles. The highest BCUT2D eigenvalue weighted by molar-refractivity contribution is 7.15. The number of anilines is 2. The highest BCUT2D eigenvalue weighted by Crippen LogP contribution is 2.32. The summed E-state index contributed by atoms with van der Waals surface area (Å²) in [6, 6.07) is 27.1. The molecule has 38 heavy (non-hydrogen) atoms. The lowest BCUT2D eigenvalue weighted by atomic mass is 10.1. The summed E-state index contributed by atoms with van der Waals surface area (Å²) in [5.74, 6) is 2.06. The number of carbonyl (C=O) groups excluding carboxylic acids is 1. The zero-order valence-corrected chi connectivity index (χ0v) is 21.9. The molecule has 0 radical (unpaired) electrons. The molecule has 0 bridgehead atoms. The van der Waals surface area contributed by atoms with Crippen LogP contribution in [0.4, 0.5) is 11.6 Å². The number of hydrogen-bond donors (Lipinski definition) is 2. The molecule has 0 saturated carbocycles. The fourth-order valence-corrected chi connectivity index (χ4v) is 4.87. The largest absolute Gasteiger partial charge is 0.489 e. The minimum absolute atomic E-state index is 0.133. The normalized spacial score (nSPS) is 11.5. The highest BCUT2D eigenvalue weighted by atomic mass is 32.1. The monoisotopic (exact) mass is 521 g/mol. The molecular weight excluding hydrogens is 494 g/mol. The summed E-state index contributed by atoms with van der Waals surface area (Å²) in [5, 5.41) is 7.06. The molecule has 5 rings (SSSR count). The lowest BCUT2D eigenvalue weighted by Crippen LogP contribution is -2.26. The molecule has 0 fully saturated rings. The van der Waals surface area contributed by atoms with Gasteiger partial charge in [-0.05, 0) is 60.0 Å². The SMILES string of the molecule is CC(=O)N[C@H](c1ccc(OCc2ccccc2)cc1)c1ncc(-c2cccc(Nc3cc(C)ccn3)n2)s1. The number of aryl methyl sites for hydroxylation is 1. The van der Waals surface area contributed by atoms with E-state index in [1.807, 2.05) is 91.9 Å². The van der Waals surface area contributed by atoms with E-state index >= 15 is 0 Å². The number of thiazole rings is 1. The molecular formula is C30H27N5O2S. The number of carbonyl (C=O) groups is 1. The first-order valence-corrected chi connectivity index (χ1v) is 13.0. The minimum atomic E-state index is -0.382. The van der Waals surface area contributed by atoms with Crippen LogP contribution in [0.2, 0.25) is 0 Å². The van der Waals surface area contributed by atoms with Crippen molar-refractivity contribution in [3.63, 3.8) is 0 Å². The van der Waals surface area contributed by atoms with Crippen molar-refractivity contribution in [3.8, 4) is 16.3 Å². The van der Waals surface area contributed by atoms with E-state index in [1.54, 1.807) is 12.4 Å². The maximum Gasteiger partial charge on any atom is 0.217 e. The molecule has 0 unspecified atom stereocenters. The second kappa shape index (κ2) is 11.7. The Labute approximate surface area is 225 Å². The van der Waals surface area contributed by atoms with Crippen LogP contribution in [0.25, 0.3) is 10.6 Å². The van der Waals surface area contributed by atoms with Crippen LogP contribution in [0.15, 0.2) is 97.3 Å². The summed E-state index contributed by atoms with van der Waals surface area (Å²) in [6.07, 6.45) is 3.56. The summed E-state index contributed by atoms with van der Waals surface area (Å²) < 4.78 is 5.92. The van der Waals surface area contributed by atoms with E-state index in [0.717, 1.165) is 43.8 Å². The molecule has 7 nitrogen and oxygen atoms in total. The Kier molecular flexibility index (Phi) is 7.70. The molecule has 0 spiro atoms. The van der Waals surface area contributed by atoms with E-state index in [9.17, 15) is 4.79 Å². The van der Waals surface area contributed by atoms with Gasteiger partial charge < -0.3 is 15.4 Å². The lowest BCUT2D eigenvalue weighted by molar-refractivity contribution is -0.119. The Bertz CT molecular complexity index is 1520. The predicted octanol–water partition coefficient (Wildman–Crippen LogP) is 6.46. The van der Waals surface area contributed by atoms with E-state index in [-0.39, 0.29) is 11.9 Å². The van der Waals surface area contributed by atoms with E-state index in [4.69, 9.17) is 9.72 Å². The highest BCUT2D eigenvalue weighted by Gasteiger charge is 2.20. The Morgan fingerprint density at radius 1 is 0.947 bits per heavy atom. The smallest absolute Gasteiger partial charge is 0.217 e. The lowest BCUT2D eigenvalue weighted by Gasteiger charge is -2.16. The first kappa shape index (κ1) is 25.1. The van der Waals surface area contributed by atoms with Gasteiger partial charge in [0.2, 0.25) is 5.91 Å². The van der Waals surface area contributed by atoms with Crippen LogP contribution in [0.5, 0.6) is 5.75 Å². The predicted molar refractivity (Wildman–Crippen MR) is 150 cm³/mol. The van der Waals surface area contributed by atoms with Crippen LogP contribution < -0.4 is 15.4 Å². The van der Waals surface area contributed by atoms with Crippen molar-refractivity contribution in [1.82, 2.24) is 20.3 Å². The fourth-order valence-electron chi connectivity index (χ4n) is 3.91. The number of hydrogen-bond acceptors (Lipinski definition) is 7. The second-order valence-corrected chi connectivity index (χ2v) is 9.85. The molecule has 0 aliphatic carbocycles. The summed E-state index contributed by atoms with van der Waals surface area (Å²) in [4.78, 5) is 26.7. The number of nitrogens with one attached hydrogen (secondary N) is 2. The van der Waals surface area contributed by atoms with Gasteiger partial charge in [0.25, 0.3) is 0 Å². The molecule has 5 aromatic rings. The first-order chi connectivity index (χ1) is 18.5. The average molecular weight is 522 g/mol. The number of benzene rings is 2. The number of aromatic nitrogens is 3. The number of pyridine rings is 2. The van der Waals surface area contributed by atoms with Gasteiger partial charge in [0.1, 0.15) is 35.0 Å². The summed E-state index contributed by atoms with van der Waals surface area (Å²) in [7, 11) is 0. The zero-order chi connectivity index (χ0) is 26.3. The molecule has 1 atom stereocenters. The third-order valence-corrected chi connectivity index (χ3v) is 6.84. The van der Waals surface area contributed by atoms with E-state index in [1.165, 1.54) is 18.3 Å². The van der Waals surface area contributed by atoms with Gasteiger partial charge in [-0.2, -0.15) is 0 Å². The standard InChI is InChI=1S/C30H27N5O2S/c1-20-15-16-31-28(17-20)35-27-10-6-9-25(34-27)26-18-32-30(38-26)29(33-21(2)36)23-11-13-24(14-12-23)37-19-22-7-4-3-5-8-22/h3-18,29H,19H2,1-2H3,(H,33,36)(H,31,34,35)/t29-/m1/s1. The van der Waals surface area contributed by atoms with E-state index in [2.05, 4.69) is 20.6 Å². The first-order valence-electron chi connectivity index (χ1n) is 12.2. The topological polar surface area (TPSA) is 89.0 Å². The molecule has 1 amide bonds. The molecule has 190 valence electrons. The Morgan fingerprint density at radius 2 is 1.76 bits per heavy atom. The zero-order valence-electron chi connectivity index (χ0n) is 21.1. The number of nitrogens with zero attached hydrogens (tertiary/aromatic N) is 3. The molecule has 3 aromatic heterocycles. The Morgan fingerprint density at radius 3 is 2.53 bits per heavy atom. The fraction of sp³-hybridized carbons (Fsp3) is 0.133. The molecule has 0 aliphatic rings.